The van der Waals surface area contributed by atoms with Gasteiger partial charge in [0.15, 0.2) is 5.43 Å². The molecule has 0 unspecified atom stereocenters. The van der Waals surface area contributed by atoms with Crippen LogP contribution in [0.15, 0.2) is 88.1 Å². The number of phenolic OH excluding ortho intramolecular Hbond substituents is 1. The standard InChI is InChI=1S/C34H34N2O4/c1-5-17-36(18-6-2)34(39)23-7-14-28(22(3)19-23)33-29-15-10-25(35(4)24-8-11-26(37)12-9-24)20-31(29)40-32-21-27(38)13-16-30(32)33/h7-16,19-21,37H,5-6,17-18H2,1-4H3. The zero-order valence-corrected chi connectivity index (χ0v) is 23.4. The minimum Gasteiger partial charge on any atom is -0.508 e. The Morgan fingerprint density at radius 3 is 2.17 bits per heavy atom. The molecule has 1 N–H and O–H groups in total. The molecule has 3 aromatic carbocycles. The Bertz CT molecular complexity index is 1700. The van der Waals surface area contributed by atoms with E-state index in [-0.39, 0.29) is 17.1 Å². The first kappa shape index (κ1) is 27.0. The lowest BCUT2D eigenvalue weighted by molar-refractivity contribution is 0.0755. The fraction of sp³-hybridized carbons (Fsp3) is 0.235. The van der Waals surface area contributed by atoms with Gasteiger partial charge in [-0.15, -0.1) is 0 Å². The van der Waals surface area contributed by atoms with E-state index in [4.69, 9.17) is 4.42 Å². The minimum atomic E-state index is -0.122. The number of fused-ring (bicyclic) bond motifs is 2. The van der Waals surface area contributed by atoms with Crippen LogP contribution in [0.1, 0.15) is 42.6 Å². The molecule has 1 aliphatic heterocycles. The maximum Gasteiger partial charge on any atom is 0.253 e. The summed E-state index contributed by atoms with van der Waals surface area (Å²) in [6, 6.07) is 23.8. The number of benzene rings is 4. The molecule has 40 heavy (non-hydrogen) atoms. The molecule has 1 amide bonds. The summed E-state index contributed by atoms with van der Waals surface area (Å²) in [4.78, 5) is 29.5. The molecular weight excluding hydrogens is 500 g/mol. The fourth-order valence-electron chi connectivity index (χ4n) is 5.30. The van der Waals surface area contributed by atoms with Gasteiger partial charge in [0.05, 0.1) is 0 Å². The SMILES string of the molecule is CCCN(CCC)C(=O)c1ccc(-c2c3ccc(=O)cc-3oc3cc(N(C)c4ccc(O)cc4)ccc23)c(C)c1. The van der Waals surface area contributed by atoms with Crippen LogP contribution in [-0.4, -0.2) is 36.1 Å². The fourth-order valence-corrected chi connectivity index (χ4v) is 5.30. The van der Waals surface area contributed by atoms with Crippen LogP contribution in [0.3, 0.4) is 0 Å². The Balaban J connectivity index is 1.64. The Kier molecular flexibility index (Phi) is 7.60. The van der Waals surface area contributed by atoms with Gasteiger partial charge in [-0.3, -0.25) is 9.59 Å². The van der Waals surface area contributed by atoms with Crippen molar-refractivity contribution < 1.29 is 14.3 Å². The first-order valence-corrected chi connectivity index (χ1v) is 13.7. The summed E-state index contributed by atoms with van der Waals surface area (Å²) in [6.45, 7) is 7.67. The molecule has 3 aromatic rings. The van der Waals surface area contributed by atoms with Gasteiger partial charge < -0.3 is 19.3 Å². The van der Waals surface area contributed by atoms with Crippen molar-refractivity contribution in [3.8, 4) is 28.2 Å². The van der Waals surface area contributed by atoms with E-state index in [9.17, 15) is 14.7 Å². The number of nitrogens with zero attached hydrogens (tertiary/aromatic N) is 2. The molecule has 0 radical (unpaired) electrons. The summed E-state index contributed by atoms with van der Waals surface area (Å²) in [5, 5.41) is 10.6. The Morgan fingerprint density at radius 1 is 0.825 bits per heavy atom. The smallest absolute Gasteiger partial charge is 0.253 e. The Hall–Kier alpha value is -4.58. The first-order chi connectivity index (χ1) is 19.3. The number of carbonyl (C=O) groups is 1. The molecule has 2 aliphatic rings. The average Bonchev–Trinajstić information content (AvgIpc) is 2.95. The van der Waals surface area contributed by atoms with Crippen LogP contribution in [0.4, 0.5) is 11.4 Å². The maximum absolute atomic E-state index is 13.3. The zero-order valence-electron chi connectivity index (χ0n) is 23.4. The van der Waals surface area contributed by atoms with E-state index in [0.717, 1.165) is 64.9 Å². The highest BCUT2D eigenvalue weighted by molar-refractivity contribution is 6.04. The van der Waals surface area contributed by atoms with Gasteiger partial charge in [-0.25, -0.2) is 0 Å². The summed E-state index contributed by atoms with van der Waals surface area (Å²) in [5.74, 6) is 0.770. The van der Waals surface area contributed by atoms with Crippen molar-refractivity contribution in [2.75, 3.05) is 25.0 Å². The second-order valence-corrected chi connectivity index (χ2v) is 10.2. The van der Waals surface area contributed by atoms with Crippen molar-refractivity contribution in [2.24, 2.45) is 0 Å². The third-order valence-electron chi connectivity index (χ3n) is 7.32. The van der Waals surface area contributed by atoms with Gasteiger partial charge in [-0.2, -0.15) is 0 Å². The number of rotatable bonds is 8. The van der Waals surface area contributed by atoms with Gasteiger partial charge in [-0.1, -0.05) is 19.9 Å². The van der Waals surface area contributed by atoms with E-state index in [0.29, 0.717) is 16.9 Å². The quantitative estimate of drug-likeness (QED) is 0.207. The molecule has 0 saturated carbocycles. The second kappa shape index (κ2) is 11.3. The second-order valence-electron chi connectivity index (χ2n) is 10.2. The molecule has 0 bridgehead atoms. The summed E-state index contributed by atoms with van der Waals surface area (Å²) in [6.07, 6.45) is 1.83. The number of hydrogen-bond acceptors (Lipinski definition) is 5. The van der Waals surface area contributed by atoms with E-state index in [1.54, 1.807) is 18.2 Å². The molecule has 0 aromatic heterocycles. The van der Waals surface area contributed by atoms with Crippen molar-refractivity contribution in [3.05, 3.63) is 100 Å². The molecule has 1 heterocycles. The predicted octanol–water partition coefficient (Wildman–Crippen LogP) is 7.61. The normalized spacial score (nSPS) is 11.2. The van der Waals surface area contributed by atoms with Crippen molar-refractivity contribution in [3.63, 3.8) is 0 Å². The van der Waals surface area contributed by atoms with E-state index in [1.807, 2.05) is 78.4 Å². The number of anilines is 2. The molecule has 0 fully saturated rings. The van der Waals surface area contributed by atoms with Crippen LogP contribution in [0.5, 0.6) is 5.75 Å². The van der Waals surface area contributed by atoms with Gasteiger partial charge in [0.2, 0.25) is 0 Å². The van der Waals surface area contributed by atoms with Crippen LogP contribution in [0, 0.1) is 6.92 Å². The van der Waals surface area contributed by atoms with Crippen molar-refractivity contribution >= 4 is 28.3 Å². The van der Waals surface area contributed by atoms with Gasteiger partial charge in [0, 0.05) is 65.7 Å². The van der Waals surface area contributed by atoms with E-state index >= 15 is 0 Å². The molecule has 5 rings (SSSR count). The summed E-state index contributed by atoms with van der Waals surface area (Å²) >= 11 is 0. The molecule has 0 spiro atoms. The molecular formula is C34H34N2O4. The van der Waals surface area contributed by atoms with Crippen LogP contribution >= 0.6 is 0 Å². The highest BCUT2D eigenvalue weighted by Crippen LogP contribution is 2.42. The Labute approximate surface area is 234 Å². The summed E-state index contributed by atoms with van der Waals surface area (Å²) < 4.78 is 6.29. The topological polar surface area (TPSA) is 74.0 Å². The number of hydrogen-bond donors (Lipinski definition) is 1. The highest BCUT2D eigenvalue weighted by Gasteiger charge is 2.21. The van der Waals surface area contributed by atoms with E-state index in [2.05, 4.69) is 13.8 Å². The number of amides is 1. The van der Waals surface area contributed by atoms with Gasteiger partial charge in [-0.05, 0) is 91.6 Å². The first-order valence-electron chi connectivity index (χ1n) is 13.7. The molecule has 6 heteroatoms. The van der Waals surface area contributed by atoms with E-state index < -0.39 is 0 Å². The van der Waals surface area contributed by atoms with Crippen LogP contribution in [-0.2, 0) is 0 Å². The van der Waals surface area contributed by atoms with Crippen LogP contribution in [0.25, 0.3) is 33.4 Å². The lowest BCUT2D eigenvalue weighted by Gasteiger charge is -2.23. The van der Waals surface area contributed by atoms with Crippen LogP contribution < -0.4 is 10.3 Å². The lowest BCUT2D eigenvalue weighted by Crippen LogP contribution is -2.32. The van der Waals surface area contributed by atoms with Crippen molar-refractivity contribution in [1.82, 2.24) is 4.90 Å². The summed E-state index contributed by atoms with van der Waals surface area (Å²) in [7, 11) is 1.95. The zero-order chi connectivity index (χ0) is 28.4. The molecule has 204 valence electrons. The van der Waals surface area contributed by atoms with Crippen molar-refractivity contribution in [1.29, 1.82) is 0 Å². The van der Waals surface area contributed by atoms with Gasteiger partial charge >= 0.3 is 0 Å². The predicted molar refractivity (Wildman–Crippen MR) is 162 cm³/mol. The highest BCUT2D eigenvalue weighted by atomic mass is 16.3. The molecule has 0 atom stereocenters. The molecule has 6 nitrogen and oxygen atoms in total. The lowest BCUT2D eigenvalue weighted by atomic mass is 9.90. The molecule has 1 aliphatic carbocycles. The average molecular weight is 535 g/mol. The monoisotopic (exact) mass is 534 g/mol. The number of phenols is 1. The Morgan fingerprint density at radius 2 is 1.50 bits per heavy atom. The largest absolute Gasteiger partial charge is 0.508 e. The number of carbonyl (C=O) groups excluding carboxylic acids is 1. The van der Waals surface area contributed by atoms with Crippen molar-refractivity contribution in [2.45, 2.75) is 33.6 Å². The van der Waals surface area contributed by atoms with Gasteiger partial charge in [0.25, 0.3) is 5.91 Å². The number of aryl methyl sites for hydroxylation is 1. The third kappa shape index (κ3) is 5.17. The minimum absolute atomic E-state index is 0.0500. The maximum atomic E-state index is 13.3. The number of aromatic hydroxyl groups is 1. The van der Waals surface area contributed by atoms with Crippen LogP contribution in [0.2, 0.25) is 0 Å². The molecule has 0 saturated heterocycles. The van der Waals surface area contributed by atoms with Gasteiger partial charge in [0.1, 0.15) is 17.1 Å². The summed E-state index contributed by atoms with van der Waals surface area (Å²) in [5.41, 5.74) is 6.78. The van der Waals surface area contributed by atoms with E-state index in [1.165, 1.54) is 6.07 Å². The third-order valence-corrected chi connectivity index (χ3v) is 7.32.